The third-order valence-corrected chi connectivity index (χ3v) is 5.03. The number of morpholine rings is 1. The first-order valence-corrected chi connectivity index (χ1v) is 9.90. The predicted molar refractivity (Wildman–Crippen MR) is 111 cm³/mol. The lowest BCUT2D eigenvalue weighted by Crippen LogP contribution is -2.42. The van der Waals surface area contributed by atoms with Crippen LogP contribution in [0.2, 0.25) is 0 Å². The Balaban J connectivity index is 1.47. The molecule has 30 heavy (non-hydrogen) atoms. The van der Waals surface area contributed by atoms with E-state index < -0.39 is 0 Å². The van der Waals surface area contributed by atoms with Crippen LogP contribution in [-0.4, -0.2) is 52.6 Å². The van der Waals surface area contributed by atoms with Gasteiger partial charge < -0.3 is 14.4 Å². The van der Waals surface area contributed by atoms with Gasteiger partial charge in [-0.05, 0) is 36.8 Å². The summed E-state index contributed by atoms with van der Waals surface area (Å²) in [6, 6.07) is 13.9. The fraction of sp³-hybridized carbons (Fsp3) is 0.304. The average molecular weight is 404 g/mol. The minimum atomic E-state index is -0.272. The Morgan fingerprint density at radius 3 is 2.87 bits per heavy atom. The van der Waals surface area contributed by atoms with E-state index in [2.05, 4.69) is 16.0 Å². The van der Waals surface area contributed by atoms with Gasteiger partial charge in [0.25, 0.3) is 5.91 Å². The quantitative estimate of drug-likeness (QED) is 0.651. The van der Waals surface area contributed by atoms with Gasteiger partial charge in [0.15, 0.2) is 0 Å². The summed E-state index contributed by atoms with van der Waals surface area (Å²) in [4.78, 5) is 27.7. The smallest absolute Gasteiger partial charge is 0.274 e. The summed E-state index contributed by atoms with van der Waals surface area (Å²) < 4.78 is 11.2. The van der Waals surface area contributed by atoms with Crippen molar-refractivity contribution in [3.05, 3.63) is 83.2 Å². The first-order valence-electron chi connectivity index (χ1n) is 9.90. The van der Waals surface area contributed by atoms with Crippen LogP contribution in [0.4, 0.5) is 0 Å². The van der Waals surface area contributed by atoms with Crippen molar-refractivity contribution in [2.24, 2.45) is 0 Å². The first-order chi connectivity index (χ1) is 14.6. The Bertz CT molecular complexity index is 1020. The highest BCUT2D eigenvalue weighted by molar-refractivity contribution is 5.92. The summed E-state index contributed by atoms with van der Waals surface area (Å²) in [7, 11) is 1.66. The maximum atomic E-state index is 12.8. The number of ether oxygens (including phenoxy) is 2. The van der Waals surface area contributed by atoms with Crippen molar-refractivity contribution in [2.45, 2.75) is 19.4 Å². The van der Waals surface area contributed by atoms with Crippen molar-refractivity contribution in [3.8, 4) is 5.75 Å². The standard InChI is InChI=1S/C23H24N4O3/c1-16-13-25-21(14-24-16)23(28)27-9-10-30-22(15-27)20-8-4-6-18(26-20)11-17-5-3-7-19(12-17)29-2/h3-8,12-14,22H,9-11,15H2,1-2H3/t22-/m1/s1. The molecule has 0 bridgehead atoms. The van der Waals surface area contributed by atoms with Gasteiger partial charge in [0.2, 0.25) is 0 Å². The van der Waals surface area contributed by atoms with Crippen molar-refractivity contribution in [2.75, 3.05) is 26.8 Å². The maximum Gasteiger partial charge on any atom is 0.274 e. The van der Waals surface area contributed by atoms with Crippen LogP contribution in [0.5, 0.6) is 5.75 Å². The second-order valence-electron chi connectivity index (χ2n) is 7.24. The fourth-order valence-electron chi connectivity index (χ4n) is 3.45. The molecule has 7 nitrogen and oxygen atoms in total. The molecule has 0 spiro atoms. The monoisotopic (exact) mass is 404 g/mol. The van der Waals surface area contributed by atoms with Crippen LogP contribution in [0.25, 0.3) is 0 Å². The molecular formula is C23H24N4O3. The van der Waals surface area contributed by atoms with Gasteiger partial charge in [-0.2, -0.15) is 0 Å². The largest absolute Gasteiger partial charge is 0.497 e. The number of benzene rings is 1. The van der Waals surface area contributed by atoms with Crippen LogP contribution in [0.1, 0.15) is 39.2 Å². The number of aromatic nitrogens is 3. The van der Waals surface area contributed by atoms with Gasteiger partial charge in [-0.25, -0.2) is 4.98 Å². The van der Waals surface area contributed by atoms with E-state index in [1.165, 1.54) is 6.20 Å². The molecule has 0 saturated carbocycles. The number of amides is 1. The minimum Gasteiger partial charge on any atom is -0.497 e. The minimum absolute atomic E-state index is 0.136. The topological polar surface area (TPSA) is 77.4 Å². The zero-order valence-corrected chi connectivity index (χ0v) is 17.1. The number of hydrogen-bond acceptors (Lipinski definition) is 6. The normalized spacial score (nSPS) is 16.3. The molecule has 1 aliphatic heterocycles. The number of carbonyl (C=O) groups is 1. The van der Waals surface area contributed by atoms with Gasteiger partial charge in [0, 0.05) is 24.9 Å². The van der Waals surface area contributed by atoms with Gasteiger partial charge in [-0.1, -0.05) is 18.2 Å². The maximum absolute atomic E-state index is 12.8. The van der Waals surface area contributed by atoms with Crippen LogP contribution < -0.4 is 4.74 Å². The summed E-state index contributed by atoms with van der Waals surface area (Å²) in [5.74, 6) is 0.691. The molecular weight excluding hydrogens is 380 g/mol. The van der Waals surface area contributed by atoms with E-state index in [1.807, 2.05) is 43.3 Å². The summed E-state index contributed by atoms with van der Waals surface area (Å²) in [6.45, 7) is 3.26. The van der Waals surface area contributed by atoms with Crippen molar-refractivity contribution in [1.82, 2.24) is 19.9 Å². The van der Waals surface area contributed by atoms with Crippen LogP contribution in [0.15, 0.2) is 54.9 Å². The van der Waals surface area contributed by atoms with Gasteiger partial charge in [0.05, 0.1) is 37.8 Å². The second kappa shape index (κ2) is 9.00. The molecule has 1 aliphatic rings. The molecule has 1 amide bonds. The number of pyridine rings is 1. The average Bonchev–Trinajstić information content (AvgIpc) is 2.79. The van der Waals surface area contributed by atoms with E-state index in [4.69, 9.17) is 14.5 Å². The molecule has 0 radical (unpaired) electrons. The van der Waals surface area contributed by atoms with Crippen molar-refractivity contribution >= 4 is 5.91 Å². The summed E-state index contributed by atoms with van der Waals surface area (Å²) in [5, 5.41) is 0. The van der Waals surface area contributed by atoms with Gasteiger partial charge in [-0.3, -0.25) is 14.8 Å². The number of nitrogens with zero attached hydrogens (tertiary/aromatic N) is 4. The number of hydrogen-bond donors (Lipinski definition) is 0. The van der Waals surface area contributed by atoms with E-state index in [-0.39, 0.29) is 12.0 Å². The summed E-state index contributed by atoms with van der Waals surface area (Å²) in [5.41, 5.74) is 4.02. The highest BCUT2D eigenvalue weighted by Crippen LogP contribution is 2.23. The van der Waals surface area contributed by atoms with Crippen LogP contribution in [-0.2, 0) is 11.2 Å². The van der Waals surface area contributed by atoms with Crippen molar-refractivity contribution in [1.29, 1.82) is 0 Å². The molecule has 3 aromatic rings. The van der Waals surface area contributed by atoms with Crippen LogP contribution in [0.3, 0.4) is 0 Å². The molecule has 0 unspecified atom stereocenters. The molecule has 1 fully saturated rings. The highest BCUT2D eigenvalue weighted by Gasteiger charge is 2.27. The Morgan fingerprint density at radius 1 is 1.20 bits per heavy atom. The van der Waals surface area contributed by atoms with E-state index in [9.17, 15) is 4.79 Å². The lowest BCUT2D eigenvalue weighted by atomic mass is 10.1. The highest BCUT2D eigenvalue weighted by atomic mass is 16.5. The molecule has 3 heterocycles. The number of aryl methyl sites for hydroxylation is 1. The van der Waals surface area contributed by atoms with Crippen molar-refractivity contribution < 1.29 is 14.3 Å². The second-order valence-corrected chi connectivity index (χ2v) is 7.24. The molecule has 154 valence electrons. The zero-order chi connectivity index (χ0) is 20.9. The molecule has 1 aromatic carbocycles. The molecule has 0 N–H and O–H groups in total. The lowest BCUT2D eigenvalue weighted by Gasteiger charge is -2.32. The number of carbonyl (C=O) groups excluding carboxylic acids is 1. The Kier molecular flexibility index (Phi) is 5.99. The van der Waals surface area contributed by atoms with Gasteiger partial charge in [0.1, 0.15) is 17.5 Å². The van der Waals surface area contributed by atoms with E-state index >= 15 is 0 Å². The Morgan fingerprint density at radius 2 is 2.07 bits per heavy atom. The Labute approximate surface area is 175 Å². The third-order valence-electron chi connectivity index (χ3n) is 5.03. The van der Waals surface area contributed by atoms with Gasteiger partial charge >= 0.3 is 0 Å². The first kappa shape index (κ1) is 20.0. The molecule has 1 atom stereocenters. The van der Waals surface area contributed by atoms with Crippen LogP contribution in [0, 0.1) is 6.92 Å². The predicted octanol–water partition coefficient (Wildman–Crippen LogP) is 2.99. The number of methoxy groups -OCH3 is 1. The van der Waals surface area contributed by atoms with Crippen molar-refractivity contribution in [3.63, 3.8) is 0 Å². The van der Waals surface area contributed by atoms with E-state index in [0.717, 1.165) is 28.4 Å². The van der Waals surface area contributed by atoms with Gasteiger partial charge in [-0.15, -0.1) is 0 Å². The van der Waals surface area contributed by atoms with E-state index in [0.29, 0.717) is 31.8 Å². The molecule has 1 saturated heterocycles. The Hall–Kier alpha value is -3.32. The number of rotatable bonds is 5. The fourth-order valence-corrected chi connectivity index (χ4v) is 3.45. The molecule has 7 heteroatoms. The SMILES string of the molecule is COc1cccc(Cc2cccc([C@H]3CN(C(=O)c4cnc(C)cn4)CCO3)n2)c1. The zero-order valence-electron chi connectivity index (χ0n) is 17.1. The van der Waals surface area contributed by atoms with Crippen LogP contribution >= 0.6 is 0 Å². The molecule has 0 aliphatic carbocycles. The molecule has 4 rings (SSSR count). The lowest BCUT2D eigenvalue weighted by molar-refractivity contribution is -0.0250. The summed E-state index contributed by atoms with van der Waals surface area (Å²) in [6.07, 6.45) is 3.55. The van der Waals surface area contributed by atoms with E-state index in [1.54, 1.807) is 18.2 Å². The third kappa shape index (κ3) is 4.63. The molecule has 2 aromatic heterocycles. The summed E-state index contributed by atoms with van der Waals surface area (Å²) >= 11 is 0.